The lowest BCUT2D eigenvalue weighted by Gasteiger charge is -2.32. The third kappa shape index (κ3) is 4.36. The second kappa shape index (κ2) is 7.01. The molecule has 1 aromatic heterocycles. The number of rotatable bonds is 6. The molecule has 116 valence electrons. The van der Waals surface area contributed by atoms with E-state index in [1.807, 2.05) is 0 Å². The van der Waals surface area contributed by atoms with Crippen molar-refractivity contribution in [2.24, 2.45) is 0 Å². The highest BCUT2D eigenvalue weighted by Gasteiger charge is 2.21. The summed E-state index contributed by atoms with van der Waals surface area (Å²) in [7, 11) is 0. The van der Waals surface area contributed by atoms with Gasteiger partial charge < -0.3 is 10.2 Å². The summed E-state index contributed by atoms with van der Waals surface area (Å²) in [5.41, 5.74) is 2.66. The fraction of sp³-hybridized carbons (Fsp3) is 0.706. The van der Waals surface area contributed by atoms with Gasteiger partial charge in [-0.2, -0.15) is 11.8 Å². The van der Waals surface area contributed by atoms with Gasteiger partial charge in [0.25, 0.3) is 0 Å². The molecule has 1 aliphatic heterocycles. The van der Waals surface area contributed by atoms with E-state index >= 15 is 0 Å². The van der Waals surface area contributed by atoms with Crippen LogP contribution in [0.3, 0.4) is 0 Å². The van der Waals surface area contributed by atoms with Crippen molar-refractivity contribution >= 4 is 17.6 Å². The van der Waals surface area contributed by atoms with E-state index in [0.717, 1.165) is 38.5 Å². The maximum Gasteiger partial charge on any atom is 0.129 e. The SMILES string of the molecule is CCCc1cc(CNC2CC2)cc(N2CCSC(C)C2)n1. The molecule has 2 aliphatic rings. The number of pyridine rings is 1. The Morgan fingerprint density at radius 3 is 2.95 bits per heavy atom. The Morgan fingerprint density at radius 1 is 1.38 bits per heavy atom. The van der Waals surface area contributed by atoms with E-state index in [0.29, 0.717) is 5.25 Å². The Labute approximate surface area is 132 Å². The van der Waals surface area contributed by atoms with Gasteiger partial charge in [0, 0.05) is 42.4 Å². The van der Waals surface area contributed by atoms with Crippen LogP contribution in [0.5, 0.6) is 0 Å². The van der Waals surface area contributed by atoms with Crippen molar-refractivity contribution in [3.8, 4) is 0 Å². The Morgan fingerprint density at radius 2 is 2.24 bits per heavy atom. The predicted molar refractivity (Wildman–Crippen MR) is 92.2 cm³/mol. The van der Waals surface area contributed by atoms with Crippen molar-refractivity contribution in [2.75, 3.05) is 23.7 Å². The number of hydrogen-bond donors (Lipinski definition) is 1. The minimum Gasteiger partial charge on any atom is -0.355 e. The molecule has 1 unspecified atom stereocenters. The normalized spacial score (nSPS) is 22.6. The number of nitrogens with zero attached hydrogens (tertiary/aromatic N) is 2. The molecule has 4 heteroatoms. The van der Waals surface area contributed by atoms with Crippen LogP contribution in [0.4, 0.5) is 5.82 Å². The highest BCUT2D eigenvalue weighted by atomic mass is 32.2. The number of aryl methyl sites for hydroxylation is 1. The molecular formula is C17H27N3S. The topological polar surface area (TPSA) is 28.2 Å². The Balaban J connectivity index is 1.75. The van der Waals surface area contributed by atoms with E-state index < -0.39 is 0 Å². The van der Waals surface area contributed by atoms with Crippen molar-refractivity contribution < 1.29 is 0 Å². The number of aromatic nitrogens is 1. The Bertz CT molecular complexity index is 473. The molecule has 1 aliphatic carbocycles. The first-order valence-electron chi connectivity index (χ1n) is 8.34. The van der Waals surface area contributed by atoms with Crippen LogP contribution in [-0.2, 0) is 13.0 Å². The zero-order chi connectivity index (χ0) is 14.7. The first kappa shape index (κ1) is 15.2. The Kier molecular flexibility index (Phi) is 5.07. The molecule has 2 heterocycles. The molecule has 1 N–H and O–H groups in total. The molecule has 1 saturated carbocycles. The molecule has 1 atom stereocenters. The largest absolute Gasteiger partial charge is 0.355 e. The monoisotopic (exact) mass is 305 g/mol. The van der Waals surface area contributed by atoms with Crippen LogP contribution in [-0.4, -0.2) is 35.1 Å². The zero-order valence-corrected chi connectivity index (χ0v) is 14.1. The van der Waals surface area contributed by atoms with Crippen LogP contribution in [0.2, 0.25) is 0 Å². The minimum absolute atomic E-state index is 0.712. The number of nitrogens with one attached hydrogen (secondary N) is 1. The molecule has 0 bridgehead atoms. The van der Waals surface area contributed by atoms with E-state index in [4.69, 9.17) is 4.98 Å². The van der Waals surface area contributed by atoms with E-state index in [9.17, 15) is 0 Å². The average molecular weight is 305 g/mol. The molecule has 3 rings (SSSR count). The minimum atomic E-state index is 0.712. The van der Waals surface area contributed by atoms with Gasteiger partial charge >= 0.3 is 0 Å². The first-order valence-corrected chi connectivity index (χ1v) is 9.39. The molecule has 2 fully saturated rings. The number of hydrogen-bond acceptors (Lipinski definition) is 4. The van der Waals surface area contributed by atoms with Crippen molar-refractivity contribution in [2.45, 2.75) is 57.4 Å². The second-order valence-electron chi connectivity index (χ2n) is 6.36. The zero-order valence-electron chi connectivity index (χ0n) is 13.3. The predicted octanol–water partition coefficient (Wildman–Crippen LogP) is 3.23. The highest BCUT2D eigenvalue weighted by Crippen LogP contribution is 2.25. The standard InChI is InChI=1S/C17H27N3S/c1-3-4-16-9-14(11-18-15-5-6-15)10-17(19-16)20-7-8-21-13(2)12-20/h9-10,13,15,18H,3-8,11-12H2,1-2H3. The molecule has 0 aromatic carbocycles. The lowest BCUT2D eigenvalue weighted by atomic mass is 10.1. The molecule has 1 saturated heterocycles. The van der Waals surface area contributed by atoms with Gasteiger partial charge in [0.1, 0.15) is 5.82 Å². The molecule has 1 aromatic rings. The van der Waals surface area contributed by atoms with Crippen LogP contribution in [0.1, 0.15) is 44.4 Å². The molecular weight excluding hydrogens is 278 g/mol. The van der Waals surface area contributed by atoms with Gasteiger partial charge in [-0.05, 0) is 37.0 Å². The van der Waals surface area contributed by atoms with Crippen molar-refractivity contribution in [3.05, 3.63) is 23.4 Å². The molecule has 0 radical (unpaired) electrons. The summed E-state index contributed by atoms with van der Waals surface area (Å²) in [5, 5.41) is 4.34. The Hall–Kier alpha value is -0.740. The molecule has 0 amide bonds. The fourth-order valence-electron chi connectivity index (χ4n) is 2.86. The van der Waals surface area contributed by atoms with Crippen LogP contribution in [0, 0.1) is 0 Å². The van der Waals surface area contributed by atoms with Crippen LogP contribution < -0.4 is 10.2 Å². The summed E-state index contributed by atoms with van der Waals surface area (Å²) in [5.74, 6) is 2.41. The van der Waals surface area contributed by atoms with Crippen LogP contribution in [0.15, 0.2) is 12.1 Å². The fourth-order valence-corrected chi connectivity index (χ4v) is 3.87. The van der Waals surface area contributed by atoms with E-state index in [2.05, 4.69) is 48.0 Å². The highest BCUT2D eigenvalue weighted by molar-refractivity contribution is 8.00. The van der Waals surface area contributed by atoms with E-state index in [-0.39, 0.29) is 0 Å². The molecule has 21 heavy (non-hydrogen) atoms. The molecule has 3 nitrogen and oxygen atoms in total. The van der Waals surface area contributed by atoms with Gasteiger partial charge in [-0.3, -0.25) is 0 Å². The summed E-state index contributed by atoms with van der Waals surface area (Å²) in [6, 6.07) is 5.37. The number of anilines is 1. The maximum atomic E-state index is 4.91. The van der Waals surface area contributed by atoms with Gasteiger partial charge in [0.2, 0.25) is 0 Å². The number of thioether (sulfide) groups is 1. The summed E-state index contributed by atoms with van der Waals surface area (Å²) in [6.45, 7) is 7.81. The van der Waals surface area contributed by atoms with Gasteiger partial charge in [0.05, 0.1) is 0 Å². The maximum absolute atomic E-state index is 4.91. The molecule has 0 spiro atoms. The third-order valence-corrected chi connectivity index (χ3v) is 5.30. The average Bonchev–Trinajstić information content (AvgIpc) is 3.29. The van der Waals surface area contributed by atoms with Gasteiger partial charge in [-0.25, -0.2) is 4.98 Å². The summed E-state index contributed by atoms with van der Waals surface area (Å²) in [6.07, 6.45) is 4.95. The van der Waals surface area contributed by atoms with E-state index in [1.165, 1.54) is 35.7 Å². The second-order valence-corrected chi connectivity index (χ2v) is 7.90. The van der Waals surface area contributed by atoms with Gasteiger partial charge in [0.15, 0.2) is 0 Å². The smallest absolute Gasteiger partial charge is 0.129 e. The summed E-state index contributed by atoms with van der Waals surface area (Å²) in [4.78, 5) is 7.39. The quantitative estimate of drug-likeness (QED) is 0.873. The van der Waals surface area contributed by atoms with Gasteiger partial charge in [-0.15, -0.1) is 0 Å². The van der Waals surface area contributed by atoms with Crippen molar-refractivity contribution in [3.63, 3.8) is 0 Å². The van der Waals surface area contributed by atoms with Gasteiger partial charge in [-0.1, -0.05) is 20.3 Å². The third-order valence-electron chi connectivity index (χ3n) is 4.17. The lowest BCUT2D eigenvalue weighted by Crippen LogP contribution is -2.37. The first-order chi connectivity index (χ1) is 10.2. The van der Waals surface area contributed by atoms with Crippen LogP contribution in [0.25, 0.3) is 0 Å². The van der Waals surface area contributed by atoms with Crippen LogP contribution >= 0.6 is 11.8 Å². The van der Waals surface area contributed by atoms with Crippen molar-refractivity contribution in [1.82, 2.24) is 10.3 Å². The summed E-state index contributed by atoms with van der Waals surface area (Å²) < 4.78 is 0. The summed E-state index contributed by atoms with van der Waals surface area (Å²) >= 11 is 2.08. The lowest BCUT2D eigenvalue weighted by molar-refractivity contribution is 0.683. The van der Waals surface area contributed by atoms with E-state index in [1.54, 1.807) is 0 Å². The van der Waals surface area contributed by atoms with Crippen molar-refractivity contribution in [1.29, 1.82) is 0 Å².